The normalized spacial score (nSPS) is 10.7. The largest absolute Gasteiger partial charge is 0.355 e. The van der Waals surface area contributed by atoms with Gasteiger partial charge < -0.3 is 5.32 Å². The van der Waals surface area contributed by atoms with E-state index >= 15 is 0 Å². The van der Waals surface area contributed by atoms with E-state index in [2.05, 4.69) is 29.5 Å². The van der Waals surface area contributed by atoms with E-state index < -0.39 is 0 Å². The first kappa shape index (κ1) is 12.5. The highest BCUT2D eigenvalue weighted by atomic mass is 35.5. The number of amides is 1. The van der Waals surface area contributed by atoms with Gasteiger partial charge in [-0.05, 0) is 5.92 Å². The van der Waals surface area contributed by atoms with Crippen molar-refractivity contribution in [2.24, 2.45) is 0 Å². The fraction of sp³-hybridized carbons (Fsp3) is 0.600. The molecule has 0 aliphatic rings. The molecule has 1 aromatic heterocycles. The standard InChI is InChI=1S/C10H15ClN2OS/c1-7(2)8-6-15-10(13-8)3-4-12-9(14)5-11/h6-7H,3-5H2,1-2H3,(H,12,14). The third-order valence-corrected chi connectivity index (χ3v) is 3.11. The number of rotatable bonds is 5. The number of carbonyl (C=O) groups excluding carboxylic acids is 1. The summed E-state index contributed by atoms with van der Waals surface area (Å²) in [5, 5.41) is 5.85. The third-order valence-electron chi connectivity index (χ3n) is 1.94. The van der Waals surface area contributed by atoms with E-state index in [1.807, 2.05) is 0 Å². The summed E-state index contributed by atoms with van der Waals surface area (Å²) in [6, 6.07) is 0. The summed E-state index contributed by atoms with van der Waals surface area (Å²) in [4.78, 5) is 15.3. The average Bonchev–Trinajstić information content (AvgIpc) is 2.66. The van der Waals surface area contributed by atoms with Crippen LogP contribution in [0.2, 0.25) is 0 Å². The molecule has 15 heavy (non-hydrogen) atoms. The van der Waals surface area contributed by atoms with E-state index in [1.54, 1.807) is 11.3 Å². The molecule has 0 bridgehead atoms. The highest BCUT2D eigenvalue weighted by Gasteiger charge is 2.05. The van der Waals surface area contributed by atoms with Crippen LogP contribution in [-0.2, 0) is 11.2 Å². The van der Waals surface area contributed by atoms with Gasteiger partial charge in [0.2, 0.25) is 5.91 Å². The maximum Gasteiger partial charge on any atom is 0.234 e. The van der Waals surface area contributed by atoms with E-state index in [4.69, 9.17) is 11.6 Å². The molecule has 0 fully saturated rings. The van der Waals surface area contributed by atoms with Crippen molar-refractivity contribution < 1.29 is 4.79 Å². The van der Waals surface area contributed by atoms with Crippen LogP contribution < -0.4 is 5.32 Å². The van der Waals surface area contributed by atoms with Gasteiger partial charge in [-0.15, -0.1) is 22.9 Å². The van der Waals surface area contributed by atoms with E-state index in [0.29, 0.717) is 12.5 Å². The molecule has 1 aromatic rings. The Morgan fingerprint density at radius 1 is 1.67 bits per heavy atom. The predicted octanol–water partition coefficient (Wildman–Crippen LogP) is 2.16. The third kappa shape index (κ3) is 4.18. The molecule has 5 heteroatoms. The van der Waals surface area contributed by atoms with Crippen molar-refractivity contribution in [1.29, 1.82) is 0 Å². The van der Waals surface area contributed by atoms with E-state index in [-0.39, 0.29) is 11.8 Å². The molecule has 1 N–H and O–H groups in total. The number of nitrogens with one attached hydrogen (secondary N) is 1. The molecule has 0 aromatic carbocycles. The van der Waals surface area contributed by atoms with Gasteiger partial charge in [0.05, 0.1) is 10.7 Å². The van der Waals surface area contributed by atoms with Crippen LogP contribution in [0.4, 0.5) is 0 Å². The Hall–Kier alpha value is -0.610. The fourth-order valence-electron chi connectivity index (χ4n) is 1.06. The van der Waals surface area contributed by atoms with Crippen molar-refractivity contribution in [3.05, 3.63) is 16.1 Å². The molecule has 0 saturated carbocycles. The maximum absolute atomic E-state index is 10.9. The number of hydrogen-bond donors (Lipinski definition) is 1. The number of alkyl halides is 1. The first-order valence-corrected chi connectivity index (χ1v) is 6.32. The smallest absolute Gasteiger partial charge is 0.234 e. The molecule has 0 aliphatic carbocycles. The number of nitrogens with zero attached hydrogens (tertiary/aromatic N) is 1. The Morgan fingerprint density at radius 2 is 2.40 bits per heavy atom. The van der Waals surface area contributed by atoms with Crippen LogP contribution in [0.15, 0.2) is 5.38 Å². The van der Waals surface area contributed by atoms with E-state index in [1.165, 1.54) is 0 Å². The predicted molar refractivity (Wildman–Crippen MR) is 63.6 cm³/mol. The van der Waals surface area contributed by atoms with Crippen molar-refractivity contribution in [3.63, 3.8) is 0 Å². The maximum atomic E-state index is 10.9. The first-order chi connectivity index (χ1) is 7.13. The molecule has 1 heterocycles. The summed E-state index contributed by atoms with van der Waals surface area (Å²) in [6.45, 7) is 4.85. The van der Waals surface area contributed by atoms with Gasteiger partial charge in [-0.3, -0.25) is 4.79 Å². The molecule has 0 saturated heterocycles. The number of halogens is 1. The quantitative estimate of drug-likeness (QED) is 0.809. The number of thiazole rings is 1. The molecular formula is C10H15ClN2OS. The summed E-state index contributed by atoms with van der Waals surface area (Å²) in [7, 11) is 0. The minimum Gasteiger partial charge on any atom is -0.355 e. The van der Waals surface area contributed by atoms with Crippen LogP contribution in [0.5, 0.6) is 0 Å². The minimum atomic E-state index is -0.127. The van der Waals surface area contributed by atoms with Crippen molar-refractivity contribution >= 4 is 28.8 Å². The van der Waals surface area contributed by atoms with E-state index in [9.17, 15) is 4.79 Å². The molecule has 0 radical (unpaired) electrons. The Bertz CT molecular complexity index is 325. The Morgan fingerprint density at radius 3 is 2.93 bits per heavy atom. The molecule has 0 aliphatic heterocycles. The summed E-state index contributed by atoms with van der Waals surface area (Å²) < 4.78 is 0. The van der Waals surface area contributed by atoms with Gasteiger partial charge in [0.15, 0.2) is 0 Å². The summed E-state index contributed by atoms with van der Waals surface area (Å²) in [6.07, 6.45) is 0.778. The highest BCUT2D eigenvalue weighted by Crippen LogP contribution is 2.17. The van der Waals surface area contributed by atoms with Gasteiger partial charge in [-0.1, -0.05) is 13.8 Å². The lowest BCUT2D eigenvalue weighted by Crippen LogP contribution is -2.26. The Labute approximate surface area is 98.9 Å². The monoisotopic (exact) mass is 246 g/mol. The van der Waals surface area contributed by atoms with Crippen molar-refractivity contribution in [1.82, 2.24) is 10.3 Å². The van der Waals surface area contributed by atoms with Gasteiger partial charge >= 0.3 is 0 Å². The summed E-state index contributed by atoms with van der Waals surface area (Å²) in [5.74, 6) is 0.361. The topological polar surface area (TPSA) is 42.0 Å². The molecule has 3 nitrogen and oxygen atoms in total. The lowest BCUT2D eigenvalue weighted by atomic mass is 10.2. The van der Waals surface area contributed by atoms with Gasteiger partial charge in [-0.2, -0.15) is 0 Å². The lowest BCUT2D eigenvalue weighted by molar-refractivity contribution is -0.118. The average molecular weight is 247 g/mol. The fourth-order valence-corrected chi connectivity index (χ4v) is 2.12. The zero-order valence-electron chi connectivity index (χ0n) is 8.92. The zero-order chi connectivity index (χ0) is 11.3. The van der Waals surface area contributed by atoms with Crippen LogP contribution in [0.1, 0.15) is 30.5 Å². The number of carbonyl (C=O) groups is 1. The molecule has 84 valence electrons. The van der Waals surface area contributed by atoms with Gasteiger partial charge in [0, 0.05) is 18.3 Å². The Kier molecular flexibility index (Phi) is 5.05. The number of hydrogen-bond acceptors (Lipinski definition) is 3. The van der Waals surface area contributed by atoms with Crippen LogP contribution in [0.3, 0.4) is 0 Å². The van der Waals surface area contributed by atoms with Crippen LogP contribution in [0, 0.1) is 0 Å². The molecule has 1 rings (SSSR count). The number of aromatic nitrogens is 1. The lowest BCUT2D eigenvalue weighted by Gasteiger charge is -2.00. The molecule has 0 unspecified atom stereocenters. The molecule has 0 atom stereocenters. The molecule has 1 amide bonds. The zero-order valence-corrected chi connectivity index (χ0v) is 10.5. The van der Waals surface area contributed by atoms with Crippen molar-refractivity contribution in [2.45, 2.75) is 26.2 Å². The summed E-state index contributed by atoms with van der Waals surface area (Å²) in [5.41, 5.74) is 1.12. The van der Waals surface area contributed by atoms with Crippen LogP contribution >= 0.6 is 22.9 Å². The van der Waals surface area contributed by atoms with E-state index in [0.717, 1.165) is 17.1 Å². The Balaban J connectivity index is 2.34. The van der Waals surface area contributed by atoms with Crippen molar-refractivity contribution in [2.75, 3.05) is 12.4 Å². The second-order valence-corrected chi connectivity index (χ2v) is 4.76. The molecule has 0 spiro atoms. The van der Waals surface area contributed by atoms with Gasteiger partial charge in [0.1, 0.15) is 5.88 Å². The van der Waals surface area contributed by atoms with Crippen molar-refractivity contribution in [3.8, 4) is 0 Å². The van der Waals surface area contributed by atoms with Gasteiger partial charge in [0.25, 0.3) is 0 Å². The summed E-state index contributed by atoms with van der Waals surface area (Å²) >= 11 is 7.00. The SMILES string of the molecule is CC(C)c1csc(CCNC(=O)CCl)n1. The van der Waals surface area contributed by atoms with Crippen LogP contribution in [0.25, 0.3) is 0 Å². The van der Waals surface area contributed by atoms with Gasteiger partial charge in [-0.25, -0.2) is 4.98 Å². The highest BCUT2D eigenvalue weighted by molar-refractivity contribution is 7.09. The molecular weight excluding hydrogens is 232 g/mol. The van der Waals surface area contributed by atoms with Crippen LogP contribution in [-0.4, -0.2) is 23.3 Å². The minimum absolute atomic E-state index is 0.0229. The first-order valence-electron chi connectivity index (χ1n) is 4.90. The second-order valence-electron chi connectivity index (χ2n) is 3.55. The second kappa shape index (κ2) is 6.08.